The van der Waals surface area contributed by atoms with E-state index in [4.69, 9.17) is 0 Å². The van der Waals surface area contributed by atoms with Crippen molar-refractivity contribution in [1.29, 1.82) is 0 Å². The third-order valence-corrected chi connectivity index (χ3v) is 4.74. The van der Waals surface area contributed by atoms with Crippen LogP contribution in [-0.4, -0.2) is 41.1 Å². The molecule has 1 aromatic rings. The van der Waals surface area contributed by atoms with Crippen molar-refractivity contribution in [3.63, 3.8) is 0 Å². The van der Waals surface area contributed by atoms with Crippen molar-refractivity contribution in [3.05, 3.63) is 34.1 Å². The molecule has 3 aliphatic heterocycles. The zero-order chi connectivity index (χ0) is 17.0. The van der Waals surface area contributed by atoms with Gasteiger partial charge in [-0.3, -0.25) is 29.4 Å². The zero-order valence-electron chi connectivity index (χ0n) is 12.6. The molecule has 4 rings (SSSR count). The van der Waals surface area contributed by atoms with Crippen LogP contribution in [0.15, 0.2) is 6.07 Å². The lowest BCUT2D eigenvalue weighted by Gasteiger charge is -2.28. The Morgan fingerprint density at radius 1 is 1.08 bits per heavy atom. The highest BCUT2D eigenvalue weighted by atomic mass is 19.1. The fourth-order valence-electron chi connectivity index (χ4n) is 3.59. The van der Waals surface area contributed by atoms with E-state index in [1.165, 1.54) is 6.07 Å². The maximum Gasteiger partial charge on any atom is 0.265 e. The molecule has 24 heavy (non-hydrogen) atoms. The third kappa shape index (κ3) is 1.99. The second-order valence-electron chi connectivity index (χ2n) is 6.12. The summed E-state index contributed by atoms with van der Waals surface area (Å²) in [6.45, 7) is 1.05. The Labute approximate surface area is 136 Å². The number of nitrogens with zero attached hydrogens (tertiary/aromatic N) is 1. The number of hydrogen-bond donors (Lipinski definition) is 2. The number of piperidine rings is 1. The molecule has 4 amide bonds. The van der Waals surface area contributed by atoms with Crippen molar-refractivity contribution in [3.8, 4) is 0 Å². The first-order valence-electron chi connectivity index (χ1n) is 7.75. The summed E-state index contributed by atoms with van der Waals surface area (Å²) in [5, 5.41) is 5.23. The van der Waals surface area contributed by atoms with E-state index in [-0.39, 0.29) is 24.0 Å². The number of rotatable bonds is 1. The summed E-state index contributed by atoms with van der Waals surface area (Å²) < 4.78 is 14.4. The predicted molar refractivity (Wildman–Crippen MR) is 78.5 cm³/mol. The molecular formula is C16H14FN3O4. The van der Waals surface area contributed by atoms with E-state index in [0.717, 1.165) is 4.90 Å². The van der Waals surface area contributed by atoms with Gasteiger partial charge >= 0.3 is 0 Å². The van der Waals surface area contributed by atoms with Crippen LogP contribution in [0.4, 0.5) is 4.39 Å². The number of imide groups is 2. The molecule has 1 aromatic carbocycles. The van der Waals surface area contributed by atoms with Crippen molar-refractivity contribution < 1.29 is 23.6 Å². The minimum Gasteiger partial charge on any atom is -0.312 e. The van der Waals surface area contributed by atoms with Crippen molar-refractivity contribution >= 4 is 23.6 Å². The molecule has 0 saturated carbocycles. The number of halogens is 1. The molecule has 1 atom stereocenters. The number of hydrogen-bond acceptors (Lipinski definition) is 5. The summed E-state index contributed by atoms with van der Waals surface area (Å²) >= 11 is 0. The molecule has 124 valence electrons. The van der Waals surface area contributed by atoms with Crippen LogP contribution in [0.1, 0.15) is 44.7 Å². The topological polar surface area (TPSA) is 95.6 Å². The predicted octanol–water partition coefficient (Wildman–Crippen LogP) is -0.127. The van der Waals surface area contributed by atoms with Crippen LogP contribution in [0.3, 0.4) is 0 Å². The molecule has 0 radical (unpaired) electrons. The van der Waals surface area contributed by atoms with Crippen LogP contribution in [0.2, 0.25) is 0 Å². The first-order valence-corrected chi connectivity index (χ1v) is 7.75. The second-order valence-corrected chi connectivity index (χ2v) is 6.12. The van der Waals surface area contributed by atoms with Gasteiger partial charge in [-0.25, -0.2) is 4.39 Å². The summed E-state index contributed by atoms with van der Waals surface area (Å²) in [6.07, 6.45) is 0.656. The van der Waals surface area contributed by atoms with Crippen molar-refractivity contribution in [1.82, 2.24) is 15.5 Å². The third-order valence-electron chi connectivity index (χ3n) is 4.74. The van der Waals surface area contributed by atoms with Gasteiger partial charge < -0.3 is 5.32 Å². The first kappa shape index (κ1) is 14.9. The standard InChI is InChI=1S/C16H14FN3O4/c17-9-5-7-3-4-18-6-8(7)12-13(9)16(24)20(15(12)23)10-1-2-11(21)19-14(10)22/h5,10,18H,1-4,6H2,(H,19,21,22). The monoisotopic (exact) mass is 331 g/mol. The van der Waals surface area contributed by atoms with Crippen LogP contribution >= 0.6 is 0 Å². The van der Waals surface area contributed by atoms with Crippen molar-refractivity contribution in [2.24, 2.45) is 0 Å². The lowest BCUT2D eigenvalue weighted by molar-refractivity contribution is -0.136. The van der Waals surface area contributed by atoms with Gasteiger partial charge in [0.15, 0.2) is 0 Å². The molecule has 1 saturated heterocycles. The Morgan fingerprint density at radius 2 is 1.83 bits per heavy atom. The van der Waals surface area contributed by atoms with E-state index in [1.54, 1.807) is 0 Å². The fraction of sp³-hybridized carbons (Fsp3) is 0.375. The van der Waals surface area contributed by atoms with Crippen LogP contribution in [0.5, 0.6) is 0 Å². The number of fused-ring (bicyclic) bond motifs is 3. The van der Waals surface area contributed by atoms with E-state index in [0.29, 0.717) is 30.6 Å². The van der Waals surface area contributed by atoms with Gasteiger partial charge in [0.25, 0.3) is 11.8 Å². The molecule has 1 fully saturated rings. The highest BCUT2D eigenvalue weighted by Crippen LogP contribution is 2.34. The number of carbonyl (C=O) groups is 4. The second kappa shape index (κ2) is 5.20. The van der Waals surface area contributed by atoms with E-state index in [1.807, 2.05) is 0 Å². The molecule has 3 aliphatic rings. The molecule has 0 aromatic heterocycles. The van der Waals surface area contributed by atoms with Gasteiger partial charge in [-0.05, 0) is 36.6 Å². The number of benzene rings is 1. The Morgan fingerprint density at radius 3 is 2.58 bits per heavy atom. The first-order chi connectivity index (χ1) is 11.5. The molecule has 8 heteroatoms. The minimum absolute atomic E-state index is 0.0337. The average molecular weight is 331 g/mol. The van der Waals surface area contributed by atoms with E-state index in [2.05, 4.69) is 10.6 Å². The van der Waals surface area contributed by atoms with Crippen LogP contribution in [0, 0.1) is 5.82 Å². The highest BCUT2D eigenvalue weighted by molar-refractivity contribution is 6.24. The fourth-order valence-corrected chi connectivity index (χ4v) is 3.59. The van der Waals surface area contributed by atoms with Gasteiger partial charge in [0.1, 0.15) is 11.9 Å². The Kier molecular flexibility index (Phi) is 3.24. The van der Waals surface area contributed by atoms with Crippen LogP contribution in [-0.2, 0) is 22.6 Å². The minimum atomic E-state index is -1.08. The summed E-state index contributed by atoms with van der Waals surface area (Å²) in [7, 11) is 0. The SMILES string of the molecule is O=C1CCC(N2C(=O)c3c(F)cc4c(c3C2=O)CNCC4)C(=O)N1. The van der Waals surface area contributed by atoms with E-state index in [9.17, 15) is 23.6 Å². The van der Waals surface area contributed by atoms with Gasteiger partial charge in [-0.1, -0.05) is 0 Å². The largest absolute Gasteiger partial charge is 0.312 e. The molecule has 0 spiro atoms. The molecule has 3 heterocycles. The highest BCUT2D eigenvalue weighted by Gasteiger charge is 2.47. The van der Waals surface area contributed by atoms with Gasteiger partial charge in [0, 0.05) is 13.0 Å². The van der Waals surface area contributed by atoms with Gasteiger partial charge in [0.2, 0.25) is 11.8 Å². The van der Waals surface area contributed by atoms with Gasteiger partial charge in [-0.15, -0.1) is 0 Å². The molecule has 7 nitrogen and oxygen atoms in total. The van der Waals surface area contributed by atoms with Crippen molar-refractivity contribution in [2.45, 2.75) is 31.8 Å². The van der Waals surface area contributed by atoms with E-state index < -0.39 is 35.5 Å². The lowest BCUT2D eigenvalue weighted by Crippen LogP contribution is -2.54. The van der Waals surface area contributed by atoms with E-state index >= 15 is 0 Å². The Hall–Kier alpha value is -2.61. The summed E-state index contributed by atoms with van der Waals surface area (Å²) in [6, 6.07) is 0.218. The summed E-state index contributed by atoms with van der Waals surface area (Å²) in [5.74, 6) is -3.35. The summed E-state index contributed by atoms with van der Waals surface area (Å²) in [4.78, 5) is 49.5. The molecule has 1 unspecified atom stereocenters. The van der Waals surface area contributed by atoms with Crippen molar-refractivity contribution in [2.75, 3.05) is 6.54 Å². The molecular weight excluding hydrogens is 317 g/mol. The van der Waals surface area contributed by atoms with Crippen LogP contribution < -0.4 is 10.6 Å². The number of amides is 4. The maximum atomic E-state index is 14.4. The van der Waals surface area contributed by atoms with Gasteiger partial charge in [0.05, 0.1) is 11.1 Å². The number of carbonyl (C=O) groups excluding carboxylic acids is 4. The normalized spacial score (nSPS) is 23.2. The molecule has 0 bridgehead atoms. The summed E-state index contributed by atoms with van der Waals surface area (Å²) in [5.41, 5.74) is 1.10. The maximum absolute atomic E-state index is 14.4. The average Bonchev–Trinajstić information content (AvgIpc) is 2.80. The number of nitrogens with one attached hydrogen (secondary N) is 2. The Balaban J connectivity index is 1.80. The Bertz CT molecular complexity index is 820. The zero-order valence-corrected chi connectivity index (χ0v) is 12.6. The van der Waals surface area contributed by atoms with Crippen LogP contribution in [0.25, 0.3) is 0 Å². The smallest absolute Gasteiger partial charge is 0.265 e. The quantitative estimate of drug-likeness (QED) is 0.699. The molecule has 2 N–H and O–H groups in total. The van der Waals surface area contributed by atoms with Gasteiger partial charge in [-0.2, -0.15) is 0 Å². The lowest BCUT2D eigenvalue weighted by atomic mass is 9.92. The molecule has 0 aliphatic carbocycles.